The summed E-state index contributed by atoms with van der Waals surface area (Å²) in [6.45, 7) is 3.36. The second kappa shape index (κ2) is 9.53. The molecule has 1 aromatic carbocycles. The molecule has 7 heteroatoms. The molecule has 0 spiro atoms. The molecule has 0 radical (unpaired) electrons. The molecule has 0 aliphatic carbocycles. The topological polar surface area (TPSA) is 90.9 Å². The fourth-order valence-electron chi connectivity index (χ4n) is 1.69. The average molecular weight is 341 g/mol. The number of carbonyl (C=O) groups excluding carboxylic acids is 1. The van der Waals surface area contributed by atoms with Gasteiger partial charge in [-0.2, -0.15) is 0 Å². The quantitative estimate of drug-likeness (QED) is 0.588. The lowest BCUT2D eigenvalue weighted by Gasteiger charge is -2.02. The van der Waals surface area contributed by atoms with Crippen molar-refractivity contribution in [1.29, 1.82) is 0 Å². The number of aromatic nitrogens is 1. The molecule has 0 unspecified atom stereocenters. The first-order chi connectivity index (χ1) is 11.0. The van der Waals surface area contributed by atoms with Crippen LogP contribution in [-0.2, 0) is 10.8 Å². The second-order valence-electron chi connectivity index (χ2n) is 4.69. The fourth-order valence-corrected chi connectivity index (χ4v) is 1.78. The number of halogens is 1. The maximum Gasteiger partial charge on any atom is 0.356 e. The summed E-state index contributed by atoms with van der Waals surface area (Å²) >= 11 is 4.76. The first-order valence-corrected chi connectivity index (χ1v) is 7.32. The highest BCUT2D eigenvalue weighted by atomic mass is 35.5. The fraction of sp³-hybridized carbons (Fsp3) is 0.250. The van der Waals surface area contributed by atoms with Crippen LogP contribution in [0.5, 0.6) is 17.2 Å². The summed E-state index contributed by atoms with van der Waals surface area (Å²) in [5.74, 6) is -2.90. The number of aromatic hydroxyl groups is 3. The van der Waals surface area contributed by atoms with E-state index in [1.54, 1.807) is 0 Å². The highest BCUT2D eigenvalue weighted by molar-refractivity contribution is 6.15. The van der Waals surface area contributed by atoms with Crippen LogP contribution in [0.3, 0.4) is 0 Å². The van der Waals surface area contributed by atoms with Crippen LogP contribution >= 0.6 is 11.9 Å². The van der Waals surface area contributed by atoms with Crippen LogP contribution in [0.4, 0.5) is 0 Å². The van der Waals surface area contributed by atoms with Gasteiger partial charge in [-0.15, -0.1) is 0 Å². The van der Waals surface area contributed by atoms with Crippen LogP contribution in [0.25, 0.3) is 0 Å². The monoisotopic (exact) mass is 340 g/mol. The van der Waals surface area contributed by atoms with Gasteiger partial charge in [-0.25, -0.2) is 9.36 Å². The number of phenols is 3. The zero-order valence-electron chi connectivity index (χ0n) is 12.6. The number of phenolic OH excluding ortho intramolecular Hbond substituents is 3. The van der Waals surface area contributed by atoms with Crippen molar-refractivity contribution in [2.75, 3.05) is 0 Å². The van der Waals surface area contributed by atoms with Crippen molar-refractivity contribution < 1.29 is 29.0 Å². The second-order valence-corrected chi connectivity index (χ2v) is 4.85. The van der Waals surface area contributed by atoms with Gasteiger partial charge in [-0.1, -0.05) is 19.4 Å². The number of carbonyl (C=O) groups is 1. The molecule has 0 fully saturated rings. The Morgan fingerprint density at radius 2 is 1.70 bits per heavy atom. The van der Waals surface area contributed by atoms with Gasteiger partial charge in [0.15, 0.2) is 29.6 Å². The third kappa shape index (κ3) is 6.04. The number of benzene rings is 1. The molecule has 0 saturated carbocycles. The predicted octanol–water partition coefficient (Wildman–Crippen LogP) is 2.89. The summed E-state index contributed by atoms with van der Waals surface area (Å²) in [7, 11) is 0. The van der Waals surface area contributed by atoms with E-state index in [1.165, 1.54) is 12.8 Å². The van der Waals surface area contributed by atoms with E-state index in [0.717, 1.165) is 18.7 Å². The Labute approximate surface area is 139 Å². The van der Waals surface area contributed by atoms with Gasteiger partial charge in [-0.05, 0) is 12.1 Å². The van der Waals surface area contributed by atoms with Crippen molar-refractivity contribution in [2.24, 2.45) is 0 Å². The molecule has 0 amide bonds. The summed E-state index contributed by atoms with van der Waals surface area (Å²) in [6, 6.07) is 8.01. The van der Waals surface area contributed by atoms with Gasteiger partial charge in [0, 0.05) is 18.6 Å². The molecular weight excluding hydrogens is 322 g/mol. The van der Waals surface area contributed by atoms with Crippen molar-refractivity contribution in [1.82, 2.24) is 0 Å². The van der Waals surface area contributed by atoms with Gasteiger partial charge in [-0.3, -0.25) is 0 Å². The molecule has 2 aromatic rings. The largest absolute Gasteiger partial charge is 0.504 e. The Morgan fingerprint density at radius 1 is 1.13 bits per heavy atom. The summed E-state index contributed by atoms with van der Waals surface area (Å²) in [6.07, 6.45) is 6.75. The van der Waals surface area contributed by atoms with Crippen molar-refractivity contribution in [3.05, 3.63) is 48.3 Å². The summed E-state index contributed by atoms with van der Waals surface area (Å²) in [5.41, 5.74) is -0.164. The third-order valence-electron chi connectivity index (χ3n) is 2.92. The maximum absolute atomic E-state index is 10.8. The van der Waals surface area contributed by atoms with E-state index in [9.17, 15) is 4.79 Å². The lowest BCUT2D eigenvalue weighted by atomic mass is 10.2. The highest BCUT2D eigenvalue weighted by Gasteiger charge is 2.13. The minimum atomic E-state index is -0.938. The standard InChI is InChI=1S/C9H14N.C7H5ClO5/c1-2-3-7-10-8-5-4-6-9-10;8-13-7(12)3-1-4(9)6(11)5(10)2-3/h4-6,8-9H,2-3,7H2,1H3;1-2,9-11H/q+1;. The van der Waals surface area contributed by atoms with Crippen LogP contribution in [0.15, 0.2) is 42.7 Å². The van der Waals surface area contributed by atoms with Crippen LogP contribution in [-0.4, -0.2) is 21.3 Å². The van der Waals surface area contributed by atoms with Gasteiger partial charge in [0.05, 0.1) is 5.56 Å². The molecule has 124 valence electrons. The molecule has 2 rings (SSSR count). The number of hydrogen-bond acceptors (Lipinski definition) is 5. The van der Waals surface area contributed by atoms with Crippen LogP contribution in [0.2, 0.25) is 0 Å². The smallest absolute Gasteiger partial charge is 0.356 e. The Morgan fingerprint density at radius 3 is 2.17 bits per heavy atom. The molecule has 0 saturated heterocycles. The van der Waals surface area contributed by atoms with Gasteiger partial charge in [0.1, 0.15) is 18.4 Å². The minimum Gasteiger partial charge on any atom is -0.504 e. The number of pyridine rings is 1. The molecule has 0 bridgehead atoms. The molecule has 1 aromatic heterocycles. The Hall–Kier alpha value is -2.47. The van der Waals surface area contributed by atoms with Gasteiger partial charge in [0.25, 0.3) is 0 Å². The first kappa shape index (κ1) is 18.6. The highest BCUT2D eigenvalue weighted by Crippen LogP contribution is 2.35. The average Bonchev–Trinajstić information content (AvgIpc) is 2.58. The summed E-state index contributed by atoms with van der Waals surface area (Å²) in [4.78, 5) is 10.8. The molecule has 3 N–H and O–H groups in total. The minimum absolute atomic E-state index is 0.164. The van der Waals surface area contributed by atoms with E-state index in [4.69, 9.17) is 27.2 Å². The first-order valence-electron chi connectivity index (χ1n) is 7.01. The number of nitrogens with zero attached hydrogens (tertiary/aromatic N) is 1. The van der Waals surface area contributed by atoms with Crippen molar-refractivity contribution in [3.8, 4) is 17.2 Å². The van der Waals surface area contributed by atoms with Gasteiger partial charge in [0.2, 0.25) is 0 Å². The van der Waals surface area contributed by atoms with Crippen molar-refractivity contribution >= 4 is 17.8 Å². The predicted molar refractivity (Wildman–Crippen MR) is 84.2 cm³/mol. The summed E-state index contributed by atoms with van der Waals surface area (Å²) in [5, 5.41) is 26.8. The Balaban J connectivity index is 0.000000238. The van der Waals surface area contributed by atoms with Gasteiger partial charge >= 0.3 is 5.97 Å². The number of aryl methyl sites for hydroxylation is 1. The van der Waals surface area contributed by atoms with E-state index < -0.39 is 23.2 Å². The van der Waals surface area contributed by atoms with Crippen LogP contribution in [0.1, 0.15) is 30.1 Å². The SMILES string of the molecule is CCCC[n+]1ccccc1.O=C(OCl)c1cc(O)c(O)c(O)c1. The van der Waals surface area contributed by atoms with Crippen LogP contribution in [0, 0.1) is 0 Å². The molecular formula is C16H19ClNO5+. The van der Waals surface area contributed by atoms with E-state index in [-0.39, 0.29) is 5.56 Å². The van der Waals surface area contributed by atoms with Gasteiger partial charge < -0.3 is 19.6 Å². The normalized spacial score (nSPS) is 9.65. The Bertz CT molecular complexity index is 611. The van der Waals surface area contributed by atoms with Crippen molar-refractivity contribution in [2.45, 2.75) is 26.3 Å². The van der Waals surface area contributed by atoms with E-state index in [2.05, 4.69) is 40.3 Å². The molecule has 1 heterocycles. The third-order valence-corrected chi connectivity index (χ3v) is 3.06. The van der Waals surface area contributed by atoms with E-state index in [0.29, 0.717) is 0 Å². The van der Waals surface area contributed by atoms with Crippen LogP contribution < -0.4 is 4.57 Å². The lowest BCUT2D eigenvalue weighted by molar-refractivity contribution is -0.697. The van der Waals surface area contributed by atoms with Crippen molar-refractivity contribution in [3.63, 3.8) is 0 Å². The summed E-state index contributed by atoms with van der Waals surface area (Å²) < 4.78 is 6.03. The molecule has 23 heavy (non-hydrogen) atoms. The van der Waals surface area contributed by atoms with E-state index >= 15 is 0 Å². The lowest BCUT2D eigenvalue weighted by Crippen LogP contribution is -2.31. The number of hydrogen-bond donors (Lipinski definition) is 3. The molecule has 0 aliphatic heterocycles. The zero-order valence-corrected chi connectivity index (χ0v) is 13.4. The molecule has 0 aliphatic rings. The molecule has 0 atom stereocenters. The molecule has 6 nitrogen and oxygen atoms in total. The maximum atomic E-state index is 10.8. The van der Waals surface area contributed by atoms with E-state index in [1.807, 2.05) is 6.07 Å². The number of rotatable bonds is 4. The Kier molecular flexibility index (Phi) is 7.70. The number of unbranched alkanes of at least 4 members (excludes halogenated alkanes) is 1. The zero-order chi connectivity index (χ0) is 17.2.